The SMILES string of the molecule is C=CCCCO[C@@H]1O[C@H](C(=O)OC)[C@@H](O)[C@H](Oc2ccccc2)[C@H]1Oc1ccccc1. The Morgan fingerprint density at radius 1 is 1.03 bits per heavy atom. The number of hydrogen-bond donors (Lipinski definition) is 1. The highest BCUT2D eigenvalue weighted by molar-refractivity contribution is 5.75. The molecule has 166 valence electrons. The number of hydrogen-bond acceptors (Lipinski definition) is 7. The molecule has 0 amide bonds. The number of aliphatic hydroxyl groups is 1. The summed E-state index contributed by atoms with van der Waals surface area (Å²) in [6, 6.07) is 18.1. The number of rotatable bonds is 10. The van der Waals surface area contributed by atoms with Gasteiger partial charge in [-0.1, -0.05) is 42.5 Å². The van der Waals surface area contributed by atoms with Crippen molar-refractivity contribution in [1.82, 2.24) is 0 Å². The third-order valence-electron chi connectivity index (χ3n) is 4.82. The smallest absolute Gasteiger partial charge is 0.338 e. The summed E-state index contributed by atoms with van der Waals surface area (Å²) < 4.78 is 28.7. The van der Waals surface area contributed by atoms with Gasteiger partial charge < -0.3 is 28.8 Å². The number of allylic oxidation sites excluding steroid dienone is 1. The minimum Gasteiger partial charge on any atom is -0.483 e. The number of unbranched alkanes of at least 4 members (excludes halogenated alkanes) is 1. The average molecular weight is 428 g/mol. The lowest BCUT2D eigenvalue weighted by atomic mass is 9.98. The number of esters is 1. The van der Waals surface area contributed by atoms with E-state index < -0.39 is 36.7 Å². The minimum atomic E-state index is -1.34. The van der Waals surface area contributed by atoms with Gasteiger partial charge in [0.1, 0.15) is 17.6 Å². The van der Waals surface area contributed by atoms with Crippen molar-refractivity contribution >= 4 is 5.97 Å². The summed E-state index contributed by atoms with van der Waals surface area (Å²) in [5.74, 6) is 0.359. The molecule has 1 aliphatic rings. The Kier molecular flexibility index (Phi) is 8.46. The third kappa shape index (κ3) is 6.07. The molecule has 0 unspecified atom stereocenters. The van der Waals surface area contributed by atoms with E-state index in [-0.39, 0.29) is 0 Å². The van der Waals surface area contributed by atoms with Crippen molar-refractivity contribution in [2.45, 2.75) is 43.5 Å². The summed E-state index contributed by atoms with van der Waals surface area (Å²) in [7, 11) is 1.23. The van der Waals surface area contributed by atoms with Crippen molar-refractivity contribution in [3.63, 3.8) is 0 Å². The molecule has 2 aromatic carbocycles. The number of benzene rings is 2. The van der Waals surface area contributed by atoms with Gasteiger partial charge in [0.25, 0.3) is 0 Å². The molecule has 7 heteroatoms. The van der Waals surface area contributed by atoms with Crippen LogP contribution in [0.2, 0.25) is 0 Å². The van der Waals surface area contributed by atoms with Crippen LogP contribution in [-0.4, -0.2) is 55.5 Å². The second-order valence-corrected chi connectivity index (χ2v) is 7.03. The molecule has 31 heavy (non-hydrogen) atoms. The maximum atomic E-state index is 12.3. The van der Waals surface area contributed by atoms with Gasteiger partial charge in [-0.05, 0) is 37.1 Å². The molecular weight excluding hydrogens is 400 g/mol. The molecule has 0 radical (unpaired) electrons. The monoisotopic (exact) mass is 428 g/mol. The quantitative estimate of drug-likeness (QED) is 0.354. The second-order valence-electron chi connectivity index (χ2n) is 7.03. The number of carbonyl (C=O) groups excluding carboxylic acids is 1. The molecule has 7 nitrogen and oxygen atoms in total. The standard InChI is InChI=1S/C24H28O7/c1-3-4-11-16-28-24-22(30-18-14-9-6-10-15-18)20(29-17-12-7-5-8-13-17)19(25)21(31-24)23(26)27-2/h3,5-10,12-15,19-22,24-25H,1,4,11,16H2,2H3/t19-,20-,21-,22+,24+/m0/s1. The highest BCUT2D eigenvalue weighted by Gasteiger charge is 2.52. The van der Waals surface area contributed by atoms with Gasteiger partial charge in [-0.25, -0.2) is 4.79 Å². The summed E-state index contributed by atoms with van der Waals surface area (Å²) in [5.41, 5.74) is 0. The van der Waals surface area contributed by atoms with Crippen LogP contribution in [-0.2, 0) is 19.0 Å². The largest absolute Gasteiger partial charge is 0.483 e. The zero-order valence-electron chi connectivity index (χ0n) is 17.5. The van der Waals surface area contributed by atoms with Gasteiger partial charge in [0.05, 0.1) is 13.7 Å². The van der Waals surface area contributed by atoms with Crippen LogP contribution >= 0.6 is 0 Å². The van der Waals surface area contributed by atoms with Crippen LogP contribution < -0.4 is 9.47 Å². The second kappa shape index (κ2) is 11.5. The molecule has 0 spiro atoms. The van der Waals surface area contributed by atoms with E-state index in [0.29, 0.717) is 18.1 Å². The van der Waals surface area contributed by atoms with Gasteiger partial charge in [-0.3, -0.25) is 0 Å². The molecule has 0 bridgehead atoms. The number of carbonyl (C=O) groups is 1. The number of para-hydroxylation sites is 2. The molecule has 0 aliphatic carbocycles. The first-order valence-corrected chi connectivity index (χ1v) is 10.2. The molecule has 0 aromatic heterocycles. The van der Waals surface area contributed by atoms with Gasteiger partial charge in [0.2, 0.25) is 0 Å². The molecule has 1 heterocycles. The van der Waals surface area contributed by atoms with Crippen molar-refractivity contribution in [3.05, 3.63) is 73.3 Å². The molecule has 1 fully saturated rings. The normalized spacial score (nSPS) is 25.4. The van der Waals surface area contributed by atoms with Gasteiger partial charge in [0.15, 0.2) is 24.6 Å². The molecule has 0 saturated carbocycles. The predicted molar refractivity (Wildman–Crippen MR) is 114 cm³/mol. The Hall–Kier alpha value is -2.87. The van der Waals surface area contributed by atoms with Crippen LogP contribution in [0.15, 0.2) is 73.3 Å². The summed E-state index contributed by atoms with van der Waals surface area (Å²) >= 11 is 0. The van der Waals surface area contributed by atoms with Crippen molar-refractivity contribution in [2.75, 3.05) is 13.7 Å². The summed E-state index contributed by atoms with van der Waals surface area (Å²) in [6.07, 6.45) is -2.10. The number of methoxy groups -OCH3 is 1. The Bertz CT molecular complexity index is 811. The Morgan fingerprint density at radius 3 is 2.16 bits per heavy atom. The van der Waals surface area contributed by atoms with E-state index in [9.17, 15) is 9.90 Å². The van der Waals surface area contributed by atoms with Crippen LogP contribution in [0.3, 0.4) is 0 Å². The van der Waals surface area contributed by atoms with Crippen LogP contribution in [0.25, 0.3) is 0 Å². The first-order valence-electron chi connectivity index (χ1n) is 10.2. The fourth-order valence-electron chi connectivity index (χ4n) is 3.27. The van der Waals surface area contributed by atoms with Crippen LogP contribution in [0.4, 0.5) is 0 Å². The van der Waals surface area contributed by atoms with Crippen LogP contribution in [0.1, 0.15) is 12.8 Å². The topological polar surface area (TPSA) is 83.5 Å². The van der Waals surface area contributed by atoms with E-state index >= 15 is 0 Å². The maximum Gasteiger partial charge on any atom is 0.338 e. The predicted octanol–water partition coefficient (Wildman–Crippen LogP) is 3.12. The van der Waals surface area contributed by atoms with E-state index in [1.54, 1.807) is 30.3 Å². The fraction of sp³-hybridized carbons (Fsp3) is 0.375. The first kappa shape index (κ1) is 22.8. The van der Waals surface area contributed by atoms with Gasteiger partial charge >= 0.3 is 5.97 Å². The molecule has 5 atom stereocenters. The lowest BCUT2D eigenvalue weighted by molar-refractivity contribution is -0.285. The summed E-state index contributed by atoms with van der Waals surface area (Å²) in [4.78, 5) is 12.3. The zero-order valence-corrected chi connectivity index (χ0v) is 17.5. The molecule has 1 N–H and O–H groups in total. The molecule has 2 aromatic rings. The molecule has 3 rings (SSSR count). The highest BCUT2D eigenvalue weighted by atomic mass is 16.7. The van der Waals surface area contributed by atoms with Crippen molar-refractivity contribution in [2.24, 2.45) is 0 Å². The van der Waals surface area contributed by atoms with Crippen molar-refractivity contribution in [1.29, 1.82) is 0 Å². The van der Waals surface area contributed by atoms with Crippen LogP contribution in [0.5, 0.6) is 11.5 Å². The number of aliphatic hydroxyl groups excluding tert-OH is 1. The van der Waals surface area contributed by atoms with E-state index in [2.05, 4.69) is 6.58 Å². The van der Waals surface area contributed by atoms with Crippen LogP contribution in [0, 0.1) is 0 Å². The lowest BCUT2D eigenvalue weighted by Gasteiger charge is -2.43. The van der Waals surface area contributed by atoms with Gasteiger partial charge in [-0.2, -0.15) is 0 Å². The Labute approximate surface area is 182 Å². The van der Waals surface area contributed by atoms with E-state index in [0.717, 1.165) is 12.8 Å². The zero-order chi connectivity index (χ0) is 22.1. The molecule has 1 aliphatic heterocycles. The Morgan fingerprint density at radius 2 is 1.61 bits per heavy atom. The summed E-state index contributed by atoms with van der Waals surface area (Å²) in [5, 5.41) is 11.0. The van der Waals surface area contributed by atoms with Crippen molar-refractivity contribution in [3.8, 4) is 11.5 Å². The van der Waals surface area contributed by atoms with Crippen molar-refractivity contribution < 1.29 is 33.6 Å². The minimum absolute atomic E-state index is 0.355. The highest BCUT2D eigenvalue weighted by Crippen LogP contribution is 2.30. The Balaban J connectivity index is 1.90. The fourth-order valence-corrected chi connectivity index (χ4v) is 3.27. The summed E-state index contributed by atoms with van der Waals surface area (Å²) in [6.45, 7) is 4.06. The number of ether oxygens (including phenoxy) is 5. The molecule has 1 saturated heterocycles. The van der Waals surface area contributed by atoms with E-state index in [4.69, 9.17) is 23.7 Å². The molecular formula is C24H28O7. The van der Waals surface area contributed by atoms with Gasteiger partial charge in [-0.15, -0.1) is 6.58 Å². The van der Waals surface area contributed by atoms with Gasteiger partial charge in [0, 0.05) is 0 Å². The van der Waals surface area contributed by atoms with E-state index in [1.807, 2.05) is 36.4 Å². The average Bonchev–Trinajstić information content (AvgIpc) is 2.81. The lowest BCUT2D eigenvalue weighted by Crippen LogP contribution is -2.64. The third-order valence-corrected chi connectivity index (χ3v) is 4.82. The maximum absolute atomic E-state index is 12.3. The van der Waals surface area contributed by atoms with E-state index in [1.165, 1.54) is 7.11 Å². The first-order chi connectivity index (χ1) is 15.1.